The van der Waals surface area contributed by atoms with Crippen molar-refractivity contribution < 1.29 is 19.0 Å². The van der Waals surface area contributed by atoms with Crippen molar-refractivity contribution in [3.63, 3.8) is 0 Å². The Bertz CT molecular complexity index is 786. The molecule has 2 aromatic rings. The van der Waals surface area contributed by atoms with Crippen LogP contribution in [0.25, 0.3) is 5.95 Å². The Morgan fingerprint density at radius 2 is 2.07 bits per heavy atom. The SMILES string of the molecule is CCOC(=O)c1cnc(-n2nc(C)cc2C)nc1OCCN1CCOCC1. The lowest BCUT2D eigenvalue weighted by Crippen LogP contribution is -2.38. The number of esters is 1. The van der Waals surface area contributed by atoms with Gasteiger partial charge >= 0.3 is 5.97 Å². The molecule has 0 radical (unpaired) electrons. The first kappa shape index (κ1) is 19.2. The Morgan fingerprint density at radius 1 is 1.30 bits per heavy atom. The van der Waals surface area contributed by atoms with Crippen LogP contribution in [0.3, 0.4) is 0 Å². The summed E-state index contributed by atoms with van der Waals surface area (Å²) < 4.78 is 17.9. The molecule has 9 heteroatoms. The van der Waals surface area contributed by atoms with Gasteiger partial charge in [0.2, 0.25) is 5.88 Å². The maximum Gasteiger partial charge on any atom is 0.345 e. The predicted octanol–water partition coefficient (Wildman–Crippen LogP) is 1.17. The molecule has 0 unspecified atom stereocenters. The summed E-state index contributed by atoms with van der Waals surface area (Å²) in [4.78, 5) is 23.2. The number of hydrogen-bond acceptors (Lipinski definition) is 8. The van der Waals surface area contributed by atoms with E-state index in [0.717, 1.165) is 44.2 Å². The highest BCUT2D eigenvalue weighted by molar-refractivity contribution is 5.91. The monoisotopic (exact) mass is 375 g/mol. The van der Waals surface area contributed by atoms with E-state index in [2.05, 4.69) is 20.0 Å². The summed E-state index contributed by atoms with van der Waals surface area (Å²) in [6, 6.07) is 1.93. The fourth-order valence-electron chi connectivity index (χ4n) is 2.85. The van der Waals surface area contributed by atoms with Crippen LogP contribution in [0.2, 0.25) is 0 Å². The Labute approximate surface area is 158 Å². The summed E-state index contributed by atoms with van der Waals surface area (Å²) in [6.45, 7) is 10.2. The number of aromatic nitrogens is 4. The van der Waals surface area contributed by atoms with Crippen molar-refractivity contribution in [2.75, 3.05) is 46.1 Å². The normalized spacial score (nSPS) is 14.9. The fourth-order valence-corrected chi connectivity index (χ4v) is 2.85. The van der Waals surface area contributed by atoms with Gasteiger partial charge in [-0.15, -0.1) is 0 Å². The van der Waals surface area contributed by atoms with Gasteiger partial charge in [-0.25, -0.2) is 14.5 Å². The third-order valence-corrected chi connectivity index (χ3v) is 4.19. The largest absolute Gasteiger partial charge is 0.476 e. The Kier molecular flexibility index (Phi) is 6.36. The molecule has 146 valence electrons. The zero-order chi connectivity index (χ0) is 19.2. The maximum atomic E-state index is 12.2. The van der Waals surface area contributed by atoms with Gasteiger partial charge in [0, 0.05) is 25.3 Å². The summed E-state index contributed by atoms with van der Waals surface area (Å²) in [7, 11) is 0. The van der Waals surface area contributed by atoms with Crippen LogP contribution < -0.4 is 4.74 Å². The molecule has 1 saturated heterocycles. The average Bonchev–Trinajstić information content (AvgIpc) is 3.01. The molecular formula is C18H25N5O4. The molecule has 1 aliphatic rings. The summed E-state index contributed by atoms with van der Waals surface area (Å²) in [6.07, 6.45) is 1.43. The van der Waals surface area contributed by atoms with Crippen molar-refractivity contribution in [1.29, 1.82) is 0 Å². The van der Waals surface area contributed by atoms with E-state index in [1.165, 1.54) is 6.20 Å². The van der Waals surface area contributed by atoms with Crippen LogP contribution in [-0.2, 0) is 9.47 Å². The number of carbonyl (C=O) groups excluding carboxylic acids is 1. The second kappa shape index (κ2) is 8.92. The molecule has 2 aromatic heterocycles. The molecule has 0 N–H and O–H groups in total. The van der Waals surface area contributed by atoms with Gasteiger partial charge in [-0.1, -0.05) is 0 Å². The second-order valence-electron chi connectivity index (χ2n) is 6.25. The molecule has 0 aromatic carbocycles. The lowest BCUT2D eigenvalue weighted by Gasteiger charge is -2.26. The van der Waals surface area contributed by atoms with Crippen molar-refractivity contribution in [1.82, 2.24) is 24.6 Å². The van der Waals surface area contributed by atoms with Crippen LogP contribution >= 0.6 is 0 Å². The highest BCUT2D eigenvalue weighted by Crippen LogP contribution is 2.19. The highest BCUT2D eigenvalue weighted by atomic mass is 16.5. The minimum absolute atomic E-state index is 0.208. The van der Waals surface area contributed by atoms with E-state index in [9.17, 15) is 4.79 Å². The molecule has 0 aliphatic carbocycles. The van der Waals surface area contributed by atoms with Crippen LogP contribution in [-0.4, -0.2) is 76.7 Å². The van der Waals surface area contributed by atoms with Gasteiger partial charge in [0.1, 0.15) is 12.2 Å². The number of rotatable bonds is 7. The van der Waals surface area contributed by atoms with E-state index >= 15 is 0 Å². The summed E-state index contributed by atoms with van der Waals surface area (Å²) in [5.41, 5.74) is 1.97. The Balaban J connectivity index is 1.79. The maximum absolute atomic E-state index is 12.2. The molecule has 3 rings (SSSR count). The standard InChI is InChI=1S/C18H25N5O4/c1-4-26-17(24)15-12-19-18(23-14(3)11-13(2)21-23)20-16(15)27-10-7-22-5-8-25-9-6-22/h11-12H,4-10H2,1-3H3. The molecule has 9 nitrogen and oxygen atoms in total. The molecule has 0 amide bonds. The first-order valence-corrected chi connectivity index (χ1v) is 9.09. The minimum atomic E-state index is -0.501. The zero-order valence-corrected chi connectivity index (χ0v) is 16.0. The van der Waals surface area contributed by atoms with Crippen LogP contribution in [0.1, 0.15) is 28.7 Å². The third-order valence-electron chi connectivity index (χ3n) is 4.19. The molecule has 1 fully saturated rings. The van der Waals surface area contributed by atoms with Crippen molar-refractivity contribution in [2.24, 2.45) is 0 Å². The molecule has 1 aliphatic heterocycles. The quantitative estimate of drug-likeness (QED) is 0.666. The van der Waals surface area contributed by atoms with Gasteiger partial charge in [-0.05, 0) is 26.8 Å². The number of ether oxygens (including phenoxy) is 3. The fraction of sp³-hybridized carbons (Fsp3) is 0.556. The summed E-state index contributed by atoms with van der Waals surface area (Å²) in [5.74, 6) is 0.0630. The molecule has 0 saturated carbocycles. The molecular weight excluding hydrogens is 350 g/mol. The van der Waals surface area contributed by atoms with E-state index < -0.39 is 5.97 Å². The van der Waals surface area contributed by atoms with Crippen LogP contribution in [0.5, 0.6) is 5.88 Å². The zero-order valence-electron chi connectivity index (χ0n) is 16.0. The second-order valence-corrected chi connectivity index (χ2v) is 6.25. The highest BCUT2D eigenvalue weighted by Gasteiger charge is 2.19. The number of aryl methyl sites for hydroxylation is 2. The smallest absolute Gasteiger partial charge is 0.345 e. The summed E-state index contributed by atoms with van der Waals surface area (Å²) >= 11 is 0. The van der Waals surface area contributed by atoms with E-state index in [0.29, 0.717) is 12.6 Å². The van der Waals surface area contributed by atoms with Gasteiger partial charge < -0.3 is 14.2 Å². The van der Waals surface area contributed by atoms with Gasteiger partial charge in [-0.3, -0.25) is 4.90 Å². The van der Waals surface area contributed by atoms with Gasteiger partial charge in [0.25, 0.3) is 5.95 Å². The van der Waals surface area contributed by atoms with E-state index in [1.807, 2.05) is 19.9 Å². The van der Waals surface area contributed by atoms with Crippen LogP contribution in [0.15, 0.2) is 12.3 Å². The third kappa shape index (κ3) is 4.81. The van der Waals surface area contributed by atoms with Crippen LogP contribution in [0, 0.1) is 13.8 Å². The van der Waals surface area contributed by atoms with Crippen molar-refractivity contribution in [3.05, 3.63) is 29.2 Å². The topological polar surface area (TPSA) is 91.6 Å². The first-order valence-electron chi connectivity index (χ1n) is 9.09. The van der Waals surface area contributed by atoms with Crippen molar-refractivity contribution in [2.45, 2.75) is 20.8 Å². The van der Waals surface area contributed by atoms with Crippen LogP contribution in [0.4, 0.5) is 0 Å². The number of hydrogen-bond donors (Lipinski definition) is 0. The lowest BCUT2D eigenvalue weighted by molar-refractivity contribution is 0.0317. The molecule has 27 heavy (non-hydrogen) atoms. The van der Waals surface area contributed by atoms with Gasteiger partial charge in [-0.2, -0.15) is 10.1 Å². The molecule has 0 spiro atoms. The molecule has 0 bridgehead atoms. The van der Waals surface area contributed by atoms with E-state index in [4.69, 9.17) is 14.2 Å². The average molecular weight is 375 g/mol. The first-order chi connectivity index (χ1) is 13.1. The Morgan fingerprint density at radius 3 is 2.74 bits per heavy atom. The summed E-state index contributed by atoms with van der Waals surface area (Å²) in [5, 5.41) is 4.38. The predicted molar refractivity (Wildman–Crippen MR) is 97.3 cm³/mol. The van der Waals surface area contributed by atoms with E-state index in [1.54, 1.807) is 11.6 Å². The minimum Gasteiger partial charge on any atom is -0.476 e. The Hall–Kier alpha value is -2.52. The molecule has 3 heterocycles. The molecule has 0 atom stereocenters. The van der Waals surface area contributed by atoms with Gasteiger partial charge in [0.15, 0.2) is 0 Å². The lowest BCUT2D eigenvalue weighted by atomic mass is 10.3. The number of nitrogens with zero attached hydrogens (tertiary/aromatic N) is 5. The van der Waals surface area contributed by atoms with E-state index in [-0.39, 0.29) is 18.1 Å². The number of carbonyl (C=O) groups is 1. The van der Waals surface area contributed by atoms with Crippen molar-refractivity contribution in [3.8, 4) is 11.8 Å². The van der Waals surface area contributed by atoms with Crippen molar-refractivity contribution >= 4 is 5.97 Å². The number of morpholine rings is 1. The van der Waals surface area contributed by atoms with Gasteiger partial charge in [0.05, 0.1) is 31.7 Å².